The van der Waals surface area contributed by atoms with E-state index in [4.69, 9.17) is 13.9 Å². The Bertz CT molecular complexity index is 1870. The number of rotatable bonds is 10. The number of nitrogens with zero attached hydrogens (tertiary/aromatic N) is 3. The molecule has 0 fully saturated rings. The molecule has 0 bridgehead atoms. The fourth-order valence-electron chi connectivity index (χ4n) is 4.59. The largest absolute Gasteiger partial charge is 0.490 e. The highest BCUT2D eigenvalue weighted by molar-refractivity contribution is 14.1. The third-order valence-corrected chi connectivity index (χ3v) is 7.65. The number of halogens is 1. The molecule has 5 aromatic rings. The summed E-state index contributed by atoms with van der Waals surface area (Å²) in [4.78, 5) is 15.2. The number of aryl methyl sites for hydroxylation is 2. The van der Waals surface area contributed by atoms with E-state index in [-0.39, 0.29) is 18.2 Å². The van der Waals surface area contributed by atoms with Crippen LogP contribution in [0.5, 0.6) is 11.5 Å². The van der Waals surface area contributed by atoms with E-state index in [0.29, 0.717) is 35.0 Å². The van der Waals surface area contributed by atoms with Crippen molar-refractivity contribution in [3.05, 3.63) is 126 Å². The predicted octanol–water partition coefficient (Wildman–Crippen LogP) is 9.34. The van der Waals surface area contributed by atoms with Crippen LogP contribution in [-0.4, -0.2) is 17.7 Å². The molecule has 0 atom stereocenters. The second-order valence-corrected chi connectivity index (χ2v) is 11.2. The van der Waals surface area contributed by atoms with E-state index in [9.17, 15) is 15.4 Å². The number of nitriles is 1. The Morgan fingerprint density at radius 2 is 1.59 bits per heavy atom. The molecule has 0 aliphatic rings. The third-order valence-electron chi connectivity index (χ3n) is 6.85. The Hall–Kier alpha value is -4.95. The Labute approximate surface area is 268 Å². The van der Waals surface area contributed by atoms with Crippen molar-refractivity contribution in [2.45, 2.75) is 27.4 Å². The zero-order chi connectivity index (χ0) is 31.2. The van der Waals surface area contributed by atoms with Gasteiger partial charge in [-0.25, -0.2) is 4.99 Å². The van der Waals surface area contributed by atoms with Crippen molar-refractivity contribution >= 4 is 40.4 Å². The first-order chi connectivity index (χ1) is 21.3. The van der Waals surface area contributed by atoms with Gasteiger partial charge in [-0.2, -0.15) is 5.26 Å². The molecule has 0 saturated heterocycles. The number of hydrogen-bond donors (Lipinski definition) is 0. The van der Waals surface area contributed by atoms with Gasteiger partial charge in [-0.1, -0.05) is 59.7 Å². The highest BCUT2D eigenvalue weighted by atomic mass is 127. The number of aliphatic imine (C=N–C) groups is 1. The van der Waals surface area contributed by atoms with Crippen LogP contribution in [-0.2, 0) is 6.61 Å². The van der Waals surface area contributed by atoms with Crippen LogP contribution in [0.4, 0.5) is 11.6 Å². The van der Waals surface area contributed by atoms with Crippen molar-refractivity contribution in [1.29, 1.82) is 5.26 Å². The molecule has 0 aliphatic heterocycles. The normalized spacial score (nSPS) is 11.0. The van der Waals surface area contributed by atoms with Gasteiger partial charge < -0.3 is 13.9 Å². The van der Waals surface area contributed by atoms with Gasteiger partial charge in [0.1, 0.15) is 24.0 Å². The zero-order valence-corrected chi connectivity index (χ0v) is 26.5. The lowest BCUT2D eigenvalue weighted by atomic mass is 9.97. The van der Waals surface area contributed by atoms with Gasteiger partial charge in [0.15, 0.2) is 11.5 Å². The van der Waals surface area contributed by atoms with E-state index in [1.165, 1.54) is 12.1 Å². The number of furan rings is 1. The molecule has 1 heterocycles. The van der Waals surface area contributed by atoms with Crippen molar-refractivity contribution in [2.75, 3.05) is 6.61 Å². The monoisotopic (exact) mass is 697 g/mol. The first-order valence-electron chi connectivity index (χ1n) is 13.8. The molecule has 5 rings (SSSR count). The molecule has 8 nitrogen and oxygen atoms in total. The van der Waals surface area contributed by atoms with Crippen LogP contribution in [0, 0.1) is 38.9 Å². The van der Waals surface area contributed by atoms with E-state index in [2.05, 4.69) is 33.7 Å². The first kappa shape index (κ1) is 30.5. The van der Waals surface area contributed by atoms with Crippen LogP contribution in [0.3, 0.4) is 0 Å². The van der Waals surface area contributed by atoms with Gasteiger partial charge in [0.2, 0.25) is 5.88 Å². The average molecular weight is 698 g/mol. The summed E-state index contributed by atoms with van der Waals surface area (Å²) in [5.41, 5.74) is 6.55. The molecule has 0 spiro atoms. The summed E-state index contributed by atoms with van der Waals surface area (Å²) in [7, 11) is 0. The van der Waals surface area contributed by atoms with Gasteiger partial charge in [-0.15, -0.1) is 0 Å². The molecule has 0 unspecified atom stereocenters. The molecule has 220 valence electrons. The molecule has 4 aromatic carbocycles. The van der Waals surface area contributed by atoms with Gasteiger partial charge >= 0.3 is 0 Å². The summed E-state index contributed by atoms with van der Waals surface area (Å²) in [6.45, 7) is 6.55. The van der Waals surface area contributed by atoms with Gasteiger partial charge in [-0.3, -0.25) is 10.1 Å². The number of non-ortho nitro benzene ring substituents is 1. The molecular weight excluding hydrogens is 669 g/mol. The molecule has 1 aromatic heterocycles. The van der Waals surface area contributed by atoms with Crippen molar-refractivity contribution < 1.29 is 18.8 Å². The van der Waals surface area contributed by atoms with Crippen molar-refractivity contribution in [2.24, 2.45) is 4.99 Å². The maximum Gasteiger partial charge on any atom is 0.269 e. The lowest BCUT2D eigenvalue weighted by molar-refractivity contribution is -0.384. The number of nitro groups is 1. The summed E-state index contributed by atoms with van der Waals surface area (Å²) < 4.78 is 19.1. The summed E-state index contributed by atoms with van der Waals surface area (Å²) in [5, 5.41) is 21.2. The van der Waals surface area contributed by atoms with Crippen LogP contribution in [0.1, 0.15) is 34.7 Å². The summed E-state index contributed by atoms with van der Waals surface area (Å²) in [6, 6.07) is 28.2. The number of nitro benzene ring substituents is 1. The first-order valence-corrected chi connectivity index (χ1v) is 14.9. The lowest BCUT2D eigenvalue weighted by Gasteiger charge is -2.14. The quantitative estimate of drug-likeness (QED) is 0.0623. The van der Waals surface area contributed by atoms with Crippen LogP contribution >= 0.6 is 22.6 Å². The van der Waals surface area contributed by atoms with E-state index in [0.717, 1.165) is 37.0 Å². The molecule has 0 aliphatic carbocycles. The smallest absolute Gasteiger partial charge is 0.269 e. The van der Waals surface area contributed by atoms with E-state index < -0.39 is 4.92 Å². The summed E-state index contributed by atoms with van der Waals surface area (Å²) >= 11 is 2.17. The van der Waals surface area contributed by atoms with E-state index >= 15 is 0 Å². The van der Waals surface area contributed by atoms with Crippen LogP contribution < -0.4 is 9.47 Å². The second kappa shape index (κ2) is 13.6. The lowest BCUT2D eigenvalue weighted by Crippen LogP contribution is -2.02. The van der Waals surface area contributed by atoms with Crippen LogP contribution in [0.25, 0.3) is 22.5 Å². The molecule has 0 saturated carbocycles. The molecule has 0 N–H and O–H groups in total. The average Bonchev–Trinajstić information content (AvgIpc) is 3.39. The third kappa shape index (κ3) is 6.82. The molecule has 0 amide bonds. The minimum absolute atomic E-state index is 0.0232. The molecular formula is C35H28IN3O5. The zero-order valence-electron chi connectivity index (χ0n) is 24.3. The minimum atomic E-state index is -0.435. The summed E-state index contributed by atoms with van der Waals surface area (Å²) in [5.74, 6) is 1.88. The molecule has 44 heavy (non-hydrogen) atoms. The van der Waals surface area contributed by atoms with E-state index in [1.807, 2.05) is 81.4 Å². The SMILES string of the molecule is CCOc1cc(C=Nc2oc(-c3ccc(C)cc3)c(-c3ccc(C)cc3)c2C#N)cc(I)c1OCc1ccc([N+](=O)[O-])cc1. The Morgan fingerprint density at radius 3 is 2.18 bits per heavy atom. The fourth-order valence-corrected chi connectivity index (χ4v) is 5.37. The maximum absolute atomic E-state index is 11.0. The van der Waals surface area contributed by atoms with Gasteiger partial charge in [0, 0.05) is 29.5 Å². The predicted molar refractivity (Wildman–Crippen MR) is 179 cm³/mol. The number of hydrogen-bond acceptors (Lipinski definition) is 7. The van der Waals surface area contributed by atoms with Crippen molar-refractivity contribution in [3.8, 4) is 40.0 Å². The molecule has 0 radical (unpaired) electrons. The molecule has 9 heteroatoms. The van der Waals surface area contributed by atoms with Crippen LogP contribution in [0.2, 0.25) is 0 Å². The van der Waals surface area contributed by atoms with Gasteiger partial charge in [0.25, 0.3) is 5.69 Å². The fraction of sp³-hybridized carbons (Fsp3) is 0.143. The van der Waals surface area contributed by atoms with E-state index in [1.54, 1.807) is 18.3 Å². The minimum Gasteiger partial charge on any atom is -0.490 e. The second-order valence-electron chi connectivity index (χ2n) is 10.1. The van der Waals surface area contributed by atoms with Crippen molar-refractivity contribution in [3.63, 3.8) is 0 Å². The topological polar surface area (TPSA) is 111 Å². The van der Waals surface area contributed by atoms with Gasteiger partial charge in [-0.05, 0) is 84.3 Å². The standard InChI is InChI=1S/C35H28IN3O5/c1-4-42-31-18-25(17-30(36)34(31)43-21-24-9-15-28(16-10-24)39(40)41)20-38-35-29(19-37)32(26-11-5-22(2)6-12-26)33(44-35)27-13-7-23(3)8-14-27/h5-18,20H,4,21H2,1-3H3. The van der Waals surface area contributed by atoms with Crippen LogP contribution in [0.15, 0.2) is 94.3 Å². The Morgan fingerprint density at radius 1 is 0.955 bits per heavy atom. The Kier molecular flexibility index (Phi) is 9.41. The number of benzene rings is 4. The summed E-state index contributed by atoms with van der Waals surface area (Å²) in [6.07, 6.45) is 1.64. The Balaban J connectivity index is 1.49. The van der Waals surface area contributed by atoms with Gasteiger partial charge in [0.05, 0.1) is 15.1 Å². The maximum atomic E-state index is 11.0. The van der Waals surface area contributed by atoms with Crippen molar-refractivity contribution in [1.82, 2.24) is 0 Å². The number of ether oxygens (including phenoxy) is 2. The highest BCUT2D eigenvalue weighted by Gasteiger charge is 2.23. The highest BCUT2D eigenvalue weighted by Crippen LogP contribution is 2.43.